The van der Waals surface area contributed by atoms with Gasteiger partial charge in [-0.1, -0.05) is 12.1 Å². The molecular weight excluding hydrogens is 424 g/mol. The number of ether oxygens (including phenoxy) is 1. The van der Waals surface area contributed by atoms with E-state index in [1.165, 1.54) is 16.8 Å². The number of fused-ring (bicyclic) bond motifs is 1. The largest absolute Gasteiger partial charge is 0.381 e. The number of piperidine rings is 1. The Morgan fingerprint density at radius 2 is 2.09 bits per heavy atom. The van der Waals surface area contributed by atoms with Crippen molar-refractivity contribution in [2.24, 2.45) is 5.92 Å². The van der Waals surface area contributed by atoms with Crippen LogP contribution in [0.5, 0.6) is 0 Å². The summed E-state index contributed by atoms with van der Waals surface area (Å²) in [7, 11) is 0. The van der Waals surface area contributed by atoms with E-state index >= 15 is 0 Å². The minimum absolute atomic E-state index is 0.417. The molecule has 2 aliphatic heterocycles. The zero-order chi connectivity index (χ0) is 23.3. The van der Waals surface area contributed by atoms with Gasteiger partial charge in [-0.3, -0.25) is 4.90 Å². The smallest absolute Gasteiger partial charge is 0.159 e. The molecule has 1 N–H and O–H groups in total. The molecule has 34 heavy (non-hydrogen) atoms. The van der Waals surface area contributed by atoms with Crippen molar-refractivity contribution in [1.82, 2.24) is 24.8 Å². The van der Waals surface area contributed by atoms with E-state index in [1.54, 1.807) is 0 Å². The summed E-state index contributed by atoms with van der Waals surface area (Å²) in [6.07, 6.45) is 6.55. The number of nitrogens with one attached hydrogen (secondary N) is 1. The highest BCUT2D eigenvalue weighted by atomic mass is 16.5. The van der Waals surface area contributed by atoms with Crippen LogP contribution in [0.2, 0.25) is 0 Å². The number of benzene rings is 1. The van der Waals surface area contributed by atoms with Gasteiger partial charge in [-0.2, -0.15) is 10.4 Å². The maximum Gasteiger partial charge on any atom is 0.159 e. The summed E-state index contributed by atoms with van der Waals surface area (Å²) in [5, 5.41) is 17.8. The van der Waals surface area contributed by atoms with Crippen LogP contribution < -0.4 is 5.32 Å². The average molecular weight is 459 g/mol. The fourth-order valence-corrected chi connectivity index (χ4v) is 5.42. The molecule has 7 heteroatoms. The number of nitrogens with zero attached hydrogens (tertiary/aromatic N) is 5. The quantitative estimate of drug-likeness (QED) is 0.580. The number of aromatic nitrogens is 3. The number of likely N-dealkylation sites (tertiary alicyclic amines) is 1. The van der Waals surface area contributed by atoms with Crippen LogP contribution in [0.4, 0.5) is 0 Å². The van der Waals surface area contributed by atoms with Gasteiger partial charge in [0, 0.05) is 50.5 Å². The van der Waals surface area contributed by atoms with Gasteiger partial charge in [-0.05, 0) is 75.4 Å². The Balaban J connectivity index is 1.29. The van der Waals surface area contributed by atoms with Gasteiger partial charge in [0.2, 0.25) is 0 Å². The Morgan fingerprint density at radius 1 is 1.21 bits per heavy atom. The molecule has 3 aromatic rings. The molecule has 0 unspecified atom stereocenters. The molecule has 0 saturated carbocycles. The van der Waals surface area contributed by atoms with Gasteiger partial charge in [0.25, 0.3) is 0 Å². The molecule has 0 spiro atoms. The first-order valence-electron chi connectivity index (χ1n) is 12.5. The first-order chi connectivity index (χ1) is 16.7. The molecule has 4 heterocycles. The molecule has 1 atom stereocenters. The Labute approximate surface area is 201 Å². The van der Waals surface area contributed by atoms with E-state index in [0.717, 1.165) is 88.5 Å². The lowest BCUT2D eigenvalue weighted by Gasteiger charge is -2.33. The standard InChI is InChI=1S/C27H34N6O/c1-20-25(17-29-16-21-8-12-34-13-9-21)27-30-10-7-26(33(27)31-20)24-6-3-11-32(19-24)18-23-5-2-4-22(14-23)15-28/h2,4-5,7,10,14,21,24,29H,3,6,8-9,11-13,16-19H2,1H3/t24-/m0/s1. The molecule has 0 aliphatic carbocycles. The van der Waals surface area contributed by atoms with Crippen LogP contribution in [0.3, 0.4) is 0 Å². The van der Waals surface area contributed by atoms with Gasteiger partial charge in [-0.15, -0.1) is 0 Å². The number of nitriles is 1. The number of hydrogen-bond acceptors (Lipinski definition) is 6. The predicted octanol–water partition coefficient (Wildman–Crippen LogP) is 3.81. The minimum Gasteiger partial charge on any atom is -0.381 e. The molecule has 1 aromatic carbocycles. The van der Waals surface area contributed by atoms with Gasteiger partial charge in [-0.25, -0.2) is 9.50 Å². The van der Waals surface area contributed by atoms with Gasteiger partial charge >= 0.3 is 0 Å². The van der Waals surface area contributed by atoms with E-state index in [2.05, 4.69) is 39.9 Å². The summed E-state index contributed by atoms with van der Waals surface area (Å²) in [4.78, 5) is 7.23. The summed E-state index contributed by atoms with van der Waals surface area (Å²) in [5.74, 6) is 1.11. The predicted molar refractivity (Wildman–Crippen MR) is 131 cm³/mol. The van der Waals surface area contributed by atoms with Crippen molar-refractivity contribution in [2.75, 3.05) is 32.8 Å². The van der Waals surface area contributed by atoms with Crippen molar-refractivity contribution >= 4 is 5.65 Å². The lowest BCUT2D eigenvalue weighted by atomic mass is 9.94. The van der Waals surface area contributed by atoms with Crippen molar-refractivity contribution in [1.29, 1.82) is 5.26 Å². The SMILES string of the molecule is Cc1nn2c([C@H]3CCCN(Cc4cccc(C#N)c4)C3)ccnc2c1CNCC1CCOCC1. The van der Waals surface area contributed by atoms with Crippen LogP contribution in [0.1, 0.15) is 59.7 Å². The van der Waals surface area contributed by atoms with E-state index in [-0.39, 0.29) is 0 Å². The van der Waals surface area contributed by atoms with Crippen molar-refractivity contribution in [3.63, 3.8) is 0 Å². The molecule has 0 amide bonds. The second-order valence-corrected chi connectivity index (χ2v) is 9.74. The second-order valence-electron chi connectivity index (χ2n) is 9.74. The normalized spacial score (nSPS) is 19.9. The van der Waals surface area contributed by atoms with Crippen molar-refractivity contribution in [3.8, 4) is 6.07 Å². The highest BCUT2D eigenvalue weighted by Crippen LogP contribution is 2.29. The van der Waals surface area contributed by atoms with Gasteiger partial charge in [0.1, 0.15) is 0 Å². The fourth-order valence-electron chi connectivity index (χ4n) is 5.42. The van der Waals surface area contributed by atoms with Crippen LogP contribution in [-0.2, 0) is 17.8 Å². The van der Waals surface area contributed by atoms with Crippen LogP contribution in [0, 0.1) is 24.2 Å². The molecule has 0 radical (unpaired) electrons. The van der Waals surface area contributed by atoms with E-state index in [9.17, 15) is 5.26 Å². The van der Waals surface area contributed by atoms with Crippen LogP contribution >= 0.6 is 0 Å². The third-order valence-electron chi connectivity index (χ3n) is 7.31. The average Bonchev–Trinajstić information content (AvgIpc) is 3.20. The maximum atomic E-state index is 9.22. The first-order valence-corrected chi connectivity index (χ1v) is 12.5. The van der Waals surface area contributed by atoms with Crippen molar-refractivity contribution in [3.05, 3.63) is 64.6 Å². The van der Waals surface area contributed by atoms with Crippen molar-refractivity contribution < 1.29 is 4.74 Å². The Morgan fingerprint density at radius 3 is 2.94 bits per heavy atom. The number of rotatable bonds is 7. The lowest BCUT2D eigenvalue weighted by molar-refractivity contribution is 0.0662. The maximum absolute atomic E-state index is 9.22. The lowest BCUT2D eigenvalue weighted by Crippen LogP contribution is -2.34. The first kappa shape index (κ1) is 23.0. The number of aryl methyl sites for hydroxylation is 1. The molecule has 0 bridgehead atoms. The molecule has 2 saturated heterocycles. The molecule has 2 aromatic heterocycles. The Bertz CT molecular complexity index is 1160. The summed E-state index contributed by atoms with van der Waals surface area (Å²) in [6, 6.07) is 12.4. The number of hydrogen-bond donors (Lipinski definition) is 1. The monoisotopic (exact) mass is 458 g/mol. The van der Waals surface area contributed by atoms with Crippen LogP contribution in [0.15, 0.2) is 36.5 Å². The zero-order valence-corrected chi connectivity index (χ0v) is 20.0. The highest BCUT2D eigenvalue weighted by molar-refractivity contribution is 5.50. The van der Waals surface area contributed by atoms with Gasteiger partial charge in [0.05, 0.1) is 23.0 Å². The van der Waals surface area contributed by atoms with Crippen LogP contribution in [0.25, 0.3) is 5.65 Å². The summed E-state index contributed by atoms with van der Waals surface area (Å²) in [5.41, 5.74) is 6.42. The summed E-state index contributed by atoms with van der Waals surface area (Å²) >= 11 is 0. The second kappa shape index (κ2) is 10.6. The van der Waals surface area contributed by atoms with Crippen LogP contribution in [-0.4, -0.2) is 52.3 Å². The molecular formula is C27H34N6O. The van der Waals surface area contributed by atoms with Gasteiger partial charge in [0.15, 0.2) is 5.65 Å². The summed E-state index contributed by atoms with van der Waals surface area (Å²) in [6.45, 7) is 8.64. The minimum atomic E-state index is 0.417. The molecule has 2 aliphatic rings. The molecule has 2 fully saturated rings. The Kier molecular flexibility index (Phi) is 7.19. The highest BCUT2D eigenvalue weighted by Gasteiger charge is 2.25. The van der Waals surface area contributed by atoms with Crippen molar-refractivity contribution in [2.45, 2.75) is 51.6 Å². The fraction of sp³-hybridized carbons (Fsp3) is 0.519. The Hall–Kier alpha value is -2.79. The molecule has 7 nitrogen and oxygen atoms in total. The third kappa shape index (κ3) is 5.15. The molecule has 178 valence electrons. The topological polar surface area (TPSA) is 78.5 Å². The van der Waals surface area contributed by atoms with E-state index in [0.29, 0.717) is 11.8 Å². The third-order valence-corrected chi connectivity index (χ3v) is 7.31. The van der Waals surface area contributed by atoms with Gasteiger partial charge < -0.3 is 10.1 Å². The van der Waals surface area contributed by atoms with E-state index in [1.807, 2.05) is 24.4 Å². The van der Waals surface area contributed by atoms with E-state index < -0.39 is 0 Å². The zero-order valence-electron chi connectivity index (χ0n) is 20.0. The van der Waals surface area contributed by atoms with E-state index in [4.69, 9.17) is 14.8 Å². The molecule has 5 rings (SSSR count). The summed E-state index contributed by atoms with van der Waals surface area (Å²) < 4.78 is 7.57.